The summed E-state index contributed by atoms with van der Waals surface area (Å²) in [6, 6.07) is 6.88. The van der Waals surface area contributed by atoms with E-state index in [1.165, 1.54) is 18.0 Å². The summed E-state index contributed by atoms with van der Waals surface area (Å²) < 4.78 is 11.2. The van der Waals surface area contributed by atoms with Gasteiger partial charge in [-0.2, -0.15) is 0 Å². The molecule has 3 rings (SSSR count). The van der Waals surface area contributed by atoms with Gasteiger partial charge in [0.15, 0.2) is 11.4 Å². The van der Waals surface area contributed by atoms with Crippen molar-refractivity contribution >= 4 is 34.7 Å². The number of H-pyrrole nitrogens is 1. The molecule has 3 aromatic rings. The highest BCUT2D eigenvalue weighted by Gasteiger charge is 2.17. The highest BCUT2D eigenvalue weighted by Crippen LogP contribution is 2.33. The number of amides is 1. The highest BCUT2D eigenvalue weighted by molar-refractivity contribution is 7.98. The molecule has 0 aliphatic heterocycles. The summed E-state index contributed by atoms with van der Waals surface area (Å²) in [4.78, 5) is 35.2. The van der Waals surface area contributed by atoms with Crippen molar-refractivity contribution in [2.24, 2.45) is 0 Å². The van der Waals surface area contributed by atoms with E-state index in [4.69, 9.17) is 9.47 Å². The SMILES string of the molecule is CSc1cc(Oc2ccnc3ncc(=O)[nH]c23)ccc1NC(=O)OC(C)(C)C. The second-order valence-corrected chi connectivity index (χ2v) is 7.69. The molecule has 0 bridgehead atoms. The van der Waals surface area contributed by atoms with Crippen molar-refractivity contribution in [2.75, 3.05) is 11.6 Å². The van der Waals surface area contributed by atoms with Gasteiger partial charge >= 0.3 is 6.09 Å². The Morgan fingerprint density at radius 1 is 1.21 bits per heavy atom. The normalized spacial score (nSPS) is 11.3. The molecule has 0 radical (unpaired) electrons. The number of aromatic nitrogens is 3. The summed E-state index contributed by atoms with van der Waals surface area (Å²) >= 11 is 1.45. The van der Waals surface area contributed by atoms with Crippen LogP contribution in [0.4, 0.5) is 10.5 Å². The summed E-state index contributed by atoms with van der Waals surface area (Å²) in [6.07, 6.45) is 4.09. The van der Waals surface area contributed by atoms with Crippen molar-refractivity contribution in [1.82, 2.24) is 15.0 Å². The number of nitrogens with zero attached hydrogens (tertiary/aromatic N) is 2. The number of carbonyl (C=O) groups is 1. The van der Waals surface area contributed by atoms with E-state index >= 15 is 0 Å². The summed E-state index contributed by atoms with van der Waals surface area (Å²) in [5.74, 6) is 0.964. The number of hydrogen-bond donors (Lipinski definition) is 2. The van der Waals surface area contributed by atoms with Gasteiger partial charge in [0.25, 0.3) is 5.56 Å². The van der Waals surface area contributed by atoms with Crippen molar-refractivity contribution < 1.29 is 14.3 Å². The molecule has 2 heterocycles. The molecule has 146 valence electrons. The maximum absolute atomic E-state index is 12.0. The van der Waals surface area contributed by atoms with E-state index in [2.05, 4.69) is 20.3 Å². The van der Waals surface area contributed by atoms with E-state index < -0.39 is 11.7 Å². The maximum atomic E-state index is 12.0. The molecule has 0 aliphatic rings. The molecule has 0 unspecified atom stereocenters. The summed E-state index contributed by atoms with van der Waals surface area (Å²) in [5, 5.41) is 2.74. The van der Waals surface area contributed by atoms with Crippen molar-refractivity contribution in [3.63, 3.8) is 0 Å². The minimum atomic E-state index is -0.583. The lowest BCUT2D eigenvalue weighted by Crippen LogP contribution is -2.27. The van der Waals surface area contributed by atoms with Gasteiger partial charge in [-0.1, -0.05) is 0 Å². The largest absolute Gasteiger partial charge is 0.455 e. The Morgan fingerprint density at radius 3 is 2.71 bits per heavy atom. The fraction of sp³-hybridized carbons (Fsp3) is 0.263. The number of pyridine rings is 1. The Balaban J connectivity index is 1.86. The van der Waals surface area contributed by atoms with Crippen LogP contribution in [-0.2, 0) is 4.74 Å². The Bertz CT molecular complexity index is 1080. The van der Waals surface area contributed by atoms with Crippen LogP contribution in [0.25, 0.3) is 11.2 Å². The zero-order chi connectivity index (χ0) is 20.3. The number of hydrogen-bond acceptors (Lipinski definition) is 7. The van der Waals surface area contributed by atoms with Crippen molar-refractivity contribution in [1.29, 1.82) is 0 Å². The fourth-order valence-electron chi connectivity index (χ4n) is 2.39. The first kappa shape index (κ1) is 19.7. The maximum Gasteiger partial charge on any atom is 0.412 e. The minimum absolute atomic E-state index is 0.341. The van der Waals surface area contributed by atoms with Gasteiger partial charge < -0.3 is 14.5 Å². The van der Waals surface area contributed by atoms with E-state index in [1.807, 2.05) is 6.26 Å². The molecule has 8 nitrogen and oxygen atoms in total. The second kappa shape index (κ2) is 7.89. The molecule has 2 aromatic heterocycles. The molecule has 1 aromatic carbocycles. The van der Waals surface area contributed by atoms with E-state index in [-0.39, 0.29) is 5.56 Å². The van der Waals surface area contributed by atoms with Crippen molar-refractivity contribution in [3.05, 3.63) is 47.0 Å². The van der Waals surface area contributed by atoms with Crippen LogP contribution in [0.1, 0.15) is 20.8 Å². The van der Waals surface area contributed by atoms with E-state index in [0.717, 1.165) is 4.90 Å². The molecule has 9 heteroatoms. The smallest absolute Gasteiger partial charge is 0.412 e. The standard InChI is InChI=1S/C19H20N4O4S/c1-19(2,3)27-18(25)22-12-6-5-11(9-14(12)28-4)26-13-7-8-20-17-16(13)23-15(24)10-21-17/h5-10H,1-4H3,(H,22,25)(H,23,24). The number of fused-ring (bicyclic) bond motifs is 1. The number of benzene rings is 1. The highest BCUT2D eigenvalue weighted by atomic mass is 32.2. The Morgan fingerprint density at radius 2 is 2.00 bits per heavy atom. The van der Waals surface area contributed by atoms with Gasteiger partial charge in [-0.05, 0) is 45.2 Å². The number of thioether (sulfide) groups is 1. The molecular weight excluding hydrogens is 380 g/mol. The molecule has 0 spiro atoms. The van der Waals surface area contributed by atoms with Crippen LogP contribution >= 0.6 is 11.8 Å². The topological polar surface area (TPSA) is 106 Å². The van der Waals surface area contributed by atoms with Gasteiger partial charge in [0.05, 0.1) is 11.9 Å². The lowest BCUT2D eigenvalue weighted by Gasteiger charge is -2.20. The summed E-state index contributed by atoms with van der Waals surface area (Å²) in [5.41, 5.74) is 0.484. The van der Waals surface area contributed by atoms with E-state index in [9.17, 15) is 9.59 Å². The first-order valence-electron chi connectivity index (χ1n) is 8.45. The number of anilines is 1. The number of nitrogens with one attached hydrogen (secondary N) is 2. The summed E-state index contributed by atoms with van der Waals surface area (Å²) in [7, 11) is 0. The first-order chi connectivity index (χ1) is 13.2. The molecule has 28 heavy (non-hydrogen) atoms. The number of carbonyl (C=O) groups excluding carboxylic acids is 1. The number of aromatic amines is 1. The van der Waals surface area contributed by atoms with E-state index in [0.29, 0.717) is 28.4 Å². The van der Waals surface area contributed by atoms with Gasteiger partial charge in [-0.15, -0.1) is 11.8 Å². The third-order valence-electron chi connectivity index (χ3n) is 3.48. The van der Waals surface area contributed by atoms with Gasteiger partial charge in [-0.25, -0.2) is 14.8 Å². The van der Waals surface area contributed by atoms with E-state index in [1.54, 1.807) is 51.2 Å². The molecule has 0 fully saturated rings. The molecular formula is C19H20N4O4S. The Labute approximate surface area is 165 Å². The zero-order valence-corrected chi connectivity index (χ0v) is 16.7. The molecule has 2 N–H and O–H groups in total. The minimum Gasteiger partial charge on any atom is -0.455 e. The van der Waals surface area contributed by atoms with Crippen LogP contribution in [0.5, 0.6) is 11.5 Å². The molecule has 0 atom stereocenters. The third kappa shape index (κ3) is 4.80. The number of rotatable bonds is 4. The van der Waals surface area contributed by atoms with Gasteiger partial charge in [-0.3, -0.25) is 10.1 Å². The van der Waals surface area contributed by atoms with Crippen molar-refractivity contribution in [3.8, 4) is 11.5 Å². The van der Waals surface area contributed by atoms with Crippen LogP contribution in [0.3, 0.4) is 0 Å². The lowest BCUT2D eigenvalue weighted by molar-refractivity contribution is 0.0635. The quantitative estimate of drug-likeness (QED) is 0.633. The zero-order valence-electron chi connectivity index (χ0n) is 15.9. The van der Waals surface area contributed by atoms with Gasteiger partial charge in [0, 0.05) is 17.2 Å². The van der Waals surface area contributed by atoms with Gasteiger partial charge in [0.2, 0.25) is 0 Å². The fourth-order valence-corrected chi connectivity index (χ4v) is 2.96. The van der Waals surface area contributed by atoms with Crippen molar-refractivity contribution in [2.45, 2.75) is 31.3 Å². The average molecular weight is 400 g/mol. The molecule has 1 amide bonds. The predicted octanol–water partition coefficient (Wildman–Crippen LogP) is 4.18. The van der Waals surface area contributed by atoms with Crippen LogP contribution in [-0.4, -0.2) is 32.9 Å². The monoisotopic (exact) mass is 400 g/mol. The molecule has 0 saturated heterocycles. The first-order valence-corrected chi connectivity index (χ1v) is 9.67. The van der Waals surface area contributed by atoms with Crippen LogP contribution < -0.4 is 15.6 Å². The van der Waals surface area contributed by atoms with Crippen LogP contribution in [0.2, 0.25) is 0 Å². The Kier molecular flexibility index (Phi) is 5.55. The van der Waals surface area contributed by atoms with Gasteiger partial charge in [0.1, 0.15) is 16.9 Å². The van der Waals surface area contributed by atoms with Crippen LogP contribution in [0, 0.1) is 0 Å². The lowest BCUT2D eigenvalue weighted by atomic mass is 10.2. The Hall–Kier alpha value is -3.07. The average Bonchev–Trinajstić information content (AvgIpc) is 2.62. The molecule has 0 aliphatic carbocycles. The third-order valence-corrected chi connectivity index (χ3v) is 4.26. The molecule has 0 saturated carbocycles. The second-order valence-electron chi connectivity index (χ2n) is 6.85. The number of ether oxygens (including phenoxy) is 2. The predicted molar refractivity (Wildman–Crippen MR) is 108 cm³/mol. The summed E-state index contributed by atoms with van der Waals surface area (Å²) in [6.45, 7) is 5.41. The van der Waals surface area contributed by atoms with Crippen LogP contribution in [0.15, 0.2) is 46.3 Å².